The normalized spacial score (nSPS) is 15.9. The summed E-state index contributed by atoms with van der Waals surface area (Å²) >= 11 is 1.51. The molecular weight excluding hydrogens is 475 g/mol. The Morgan fingerprint density at radius 2 is 1.85 bits per heavy atom. The van der Waals surface area contributed by atoms with E-state index in [1.807, 2.05) is 30.5 Å². The van der Waals surface area contributed by atoms with Crippen molar-refractivity contribution in [1.82, 2.24) is 19.6 Å². The molecule has 0 radical (unpaired) electrons. The molecule has 4 heterocycles. The molecule has 33 heavy (non-hydrogen) atoms. The average molecular weight is 506 g/mol. The number of carbonyl (C=O) groups excluding carboxylic acids is 1. The summed E-state index contributed by atoms with van der Waals surface area (Å²) in [7, 11) is 0. The van der Waals surface area contributed by atoms with E-state index in [1.54, 1.807) is 0 Å². The first-order valence-corrected chi connectivity index (χ1v) is 12.0. The van der Waals surface area contributed by atoms with Crippen LogP contribution in [0.5, 0.6) is 0 Å². The van der Waals surface area contributed by atoms with E-state index in [0.29, 0.717) is 6.54 Å². The van der Waals surface area contributed by atoms with E-state index in [2.05, 4.69) is 49.9 Å². The molecule has 1 N–H and O–H groups in total. The van der Waals surface area contributed by atoms with Gasteiger partial charge in [-0.3, -0.25) is 9.20 Å². The third kappa shape index (κ3) is 6.12. The van der Waals surface area contributed by atoms with Gasteiger partial charge in [0.2, 0.25) is 0 Å². The third-order valence-electron chi connectivity index (χ3n) is 6.25. The van der Waals surface area contributed by atoms with Gasteiger partial charge in [0.15, 0.2) is 0 Å². The van der Waals surface area contributed by atoms with Gasteiger partial charge in [-0.15, -0.1) is 24.8 Å². The summed E-state index contributed by atoms with van der Waals surface area (Å²) in [5, 5.41) is 4.14. The average Bonchev–Trinajstić information content (AvgIpc) is 3.23. The van der Waals surface area contributed by atoms with Crippen LogP contribution in [0.2, 0.25) is 0 Å². The lowest BCUT2D eigenvalue weighted by Crippen LogP contribution is -2.36. The molecule has 5 rings (SSSR count). The number of hydrogen-bond donors (Lipinski definition) is 1. The van der Waals surface area contributed by atoms with Crippen LogP contribution >= 0.6 is 36.6 Å². The number of piperidine rings is 1. The number of hydrogen-bond acceptors (Lipinski definition) is 4. The van der Waals surface area contributed by atoms with Gasteiger partial charge in [0.25, 0.3) is 5.91 Å². The number of nitrogens with zero attached hydrogens (tertiary/aromatic N) is 3. The molecule has 0 spiro atoms. The van der Waals surface area contributed by atoms with E-state index >= 15 is 0 Å². The monoisotopic (exact) mass is 504 g/mol. The first kappa shape index (κ1) is 25.6. The summed E-state index contributed by atoms with van der Waals surface area (Å²) in [5.74, 6) is 0.808. The lowest BCUT2D eigenvalue weighted by molar-refractivity contribution is -0.116. The van der Waals surface area contributed by atoms with Gasteiger partial charge in [-0.05, 0) is 75.0 Å². The number of rotatable bonds is 7. The smallest absolute Gasteiger partial charge is 0.258 e. The van der Waals surface area contributed by atoms with Crippen molar-refractivity contribution < 1.29 is 4.79 Å². The summed E-state index contributed by atoms with van der Waals surface area (Å²) in [5.41, 5.74) is 3.34. The van der Waals surface area contributed by atoms with E-state index in [0.717, 1.165) is 40.2 Å². The van der Waals surface area contributed by atoms with Crippen LogP contribution in [0.3, 0.4) is 0 Å². The fraction of sp³-hybridized carbons (Fsp3) is 0.360. The van der Waals surface area contributed by atoms with Crippen LogP contribution in [-0.4, -0.2) is 46.4 Å². The van der Waals surface area contributed by atoms with E-state index in [9.17, 15) is 4.79 Å². The second-order valence-electron chi connectivity index (χ2n) is 8.44. The SMILES string of the molecule is Cl.Cl.O=C(NCCCN1CCC(Cc2ccccc2)CC1)C1=Cc2cnc3cccc(n23)S1. The van der Waals surface area contributed by atoms with Gasteiger partial charge in [-0.1, -0.05) is 48.2 Å². The molecule has 2 aromatic heterocycles. The minimum Gasteiger partial charge on any atom is -0.352 e. The molecule has 1 aromatic carbocycles. The number of benzene rings is 1. The Balaban J connectivity index is 0.00000153. The molecule has 1 saturated heterocycles. The lowest BCUT2D eigenvalue weighted by atomic mass is 9.90. The molecule has 8 heteroatoms. The number of imidazole rings is 1. The zero-order chi connectivity index (χ0) is 21.0. The zero-order valence-electron chi connectivity index (χ0n) is 18.5. The Bertz CT molecular complexity index is 1090. The standard InChI is InChI=1S/C25H28N4OS.2ClH/c30-25(22-17-21-18-27-23-8-4-9-24(31-22)29(21)23)26-12-5-13-28-14-10-20(11-15-28)16-19-6-2-1-3-7-19;;/h1-4,6-9,17-18,20H,5,10-16H2,(H,26,30);2*1H. The number of pyridine rings is 1. The number of carbonyl (C=O) groups is 1. The zero-order valence-corrected chi connectivity index (χ0v) is 20.9. The van der Waals surface area contributed by atoms with E-state index in [4.69, 9.17) is 0 Å². The summed E-state index contributed by atoms with van der Waals surface area (Å²) < 4.78 is 2.09. The van der Waals surface area contributed by atoms with Crippen molar-refractivity contribution in [3.63, 3.8) is 0 Å². The molecule has 0 atom stereocenters. The maximum Gasteiger partial charge on any atom is 0.258 e. The van der Waals surface area contributed by atoms with Gasteiger partial charge in [0, 0.05) is 6.54 Å². The van der Waals surface area contributed by atoms with Crippen LogP contribution in [0.15, 0.2) is 64.7 Å². The number of nitrogens with one attached hydrogen (secondary N) is 1. The summed E-state index contributed by atoms with van der Waals surface area (Å²) in [6.45, 7) is 4.10. The topological polar surface area (TPSA) is 49.6 Å². The Kier molecular flexibility index (Phi) is 9.27. The maximum atomic E-state index is 12.7. The molecule has 1 fully saturated rings. The highest BCUT2D eigenvalue weighted by molar-refractivity contribution is 8.04. The van der Waals surface area contributed by atoms with Crippen LogP contribution < -0.4 is 5.32 Å². The fourth-order valence-corrected chi connectivity index (χ4v) is 5.56. The van der Waals surface area contributed by atoms with Gasteiger partial charge in [-0.25, -0.2) is 4.98 Å². The van der Waals surface area contributed by atoms with E-state index < -0.39 is 0 Å². The van der Waals surface area contributed by atoms with Crippen LogP contribution in [0.25, 0.3) is 11.7 Å². The Labute approximate surface area is 211 Å². The molecule has 0 saturated carbocycles. The first-order valence-electron chi connectivity index (χ1n) is 11.2. The van der Waals surface area contributed by atoms with Crippen LogP contribution in [-0.2, 0) is 11.2 Å². The lowest BCUT2D eigenvalue weighted by Gasteiger charge is -2.32. The Morgan fingerprint density at radius 3 is 2.64 bits per heavy atom. The van der Waals surface area contributed by atoms with Crippen LogP contribution in [0, 0.1) is 5.92 Å². The van der Waals surface area contributed by atoms with Crippen molar-refractivity contribution in [2.24, 2.45) is 5.92 Å². The van der Waals surface area contributed by atoms with Crippen molar-refractivity contribution in [1.29, 1.82) is 0 Å². The highest BCUT2D eigenvalue weighted by Crippen LogP contribution is 2.34. The summed E-state index contributed by atoms with van der Waals surface area (Å²) in [6, 6.07) is 16.8. The van der Waals surface area contributed by atoms with Gasteiger partial charge in [0.1, 0.15) is 5.65 Å². The van der Waals surface area contributed by atoms with Crippen LogP contribution in [0.4, 0.5) is 0 Å². The maximum absolute atomic E-state index is 12.7. The predicted molar refractivity (Wildman–Crippen MR) is 140 cm³/mol. The molecule has 3 aromatic rings. The number of thioether (sulfide) groups is 1. The minimum atomic E-state index is 0. The number of halogens is 2. The highest BCUT2D eigenvalue weighted by Gasteiger charge is 2.21. The highest BCUT2D eigenvalue weighted by atomic mass is 35.5. The van der Waals surface area contributed by atoms with Crippen molar-refractivity contribution in [2.75, 3.05) is 26.2 Å². The van der Waals surface area contributed by atoms with Gasteiger partial charge in [-0.2, -0.15) is 0 Å². The second-order valence-corrected chi connectivity index (χ2v) is 9.50. The fourth-order valence-electron chi connectivity index (χ4n) is 4.55. The molecule has 0 unspecified atom stereocenters. The first-order chi connectivity index (χ1) is 15.3. The molecule has 176 valence electrons. The Morgan fingerprint density at radius 1 is 1.06 bits per heavy atom. The molecule has 1 amide bonds. The quantitative estimate of drug-likeness (QED) is 0.455. The minimum absolute atomic E-state index is 0. The number of likely N-dealkylation sites (tertiary alicyclic amines) is 1. The molecule has 0 bridgehead atoms. The van der Waals surface area contributed by atoms with Gasteiger partial charge < -0.3 is 10.2 Å². The Hall–Kier alpha value is -1.99. The van der Waals surface area contributed by atoms with Crippen LogP contribution in [0.1, 0.15) is 30.5 Å². The van der Waals surface area contributed by atoms with E-state index in [1.165, 1.54) is 49.7 Å². The molecule has 2 aliphatic rings. The number of amides is 1. The molecule has 5 nitrogen and oxygen atoms in total. The van der Waals surface area contributed by atoms with Crippen molar-refractivity contribution >= 4 is 54.2 Å². The third-order valence-corrected chi connectivity index (χ3v) is 7.30. The molecular formula is C25H30Cl2N4OS. The molecule has 0 aliphatic carbocycles. The summed E-state index contributed by atoms with van der Waals surface area (Å²) in [6.07, 6.45) is 8.48. The van der Waals surface area contributed by atoms with Crippen molar-refractivity contribution in [3.8, 4) is 0 Å². The summed E-state index contributed by atoms with van der Waals surface area (Å²) in [4.78, 5) is 20.4. The largest absolute Gasteiger partial charge is 0.352 e. The predicted octanol–water partition coefficient (Wildman–Crippen LogP) is 5.09. The van der Waals surface area contributed by atoms with Crippen molar-refractivity contribution in [2.45, 2.75) is 30.7 Å². The van der Waals surface area contributed by atoms with Crippen molar-refractivity contribution in [3.05, 3.63) is 70.9 Å². The second kappa shape index (κ2) is 11.9. The van der Waals surface area contributed by atoms with Gasteiger partial charge >= 0.3 is 0 Å². The van der Waals surface area contributed by atoms with Gasteiger partial charge in [0.05, 0.1) is 21.8 Å². The molecule has 2 aliphatic heterocycles. The number of aromatic nitrogens is 2. The van der Waals surface area contributed by atoms with E-state index in [-0.39, 0.29) is 30.7 Å².